The largest absolute Gasteiger partial charge is 0.380 e. The zero-order chi connectivity index (χ0) is 22.1. The van der Waals surface area contributed by atoms with E-state index in [2.05, 4.69) is 47.0 Å². The third-order valence-corrected chi connectivity index (χ3v) is 5.76. The first-order valence-corrected chi connectivity index (χ1v) is 12.3. The van der Waals surface area contributed by atoms with Crippen molar-refractivity contribution in [2.24, 2.45) is 10.3 Å². The van der Waals surface area contributed by atoms with E-state index < -0.39 is 26.5 Å². The van der Waals surface area contributed by atoms with E-state index in [1.807, 2.05) is 0 Å². The lowest BCUT2D eigenvalue weighted by atomic mass is 9.90. The van der Waals surface area contributed by atoms with E-state index in [9.17, 15) is 16.8 Å². The van der Waals surface area contributed by atoms with Crippen LogP contribution in [0, 0.1) is 0 Å². The van der Waals surface area contributed by atoms with Crippen LogP contribution in [0.25, 0.3) is 0 Å². The average molecular weight is 583 g/mol. The number of aromatic amines is 1. The molecule has 0 unspecified atom stereocenters. The van der Waals surface area contributed by atoms with Gasteiger partial charge in [-0.05, 0) is 67.3 Å². The number of nitrogens with two attached hydrogens (primary N) is 2. The molecule has 0 aliphatic carbocycles. The van der Waals surface area contributed by atoms with Gasteiger partial charge in [0.05, 0.1) is 14.9 Å². The van der Waals surface area contributed by atoms with Crippen molar-refractivity contribution < 1.29 is 25.2 Å². The molecule has 0 bridgehead atoms. The summed E-state index contributed by atoms with van der Waals surface area (Å²) in [6, 6.07) is 9.39. The number of nitrogens with zero attached hydrogens (tertiary/aromatic N) is 2. The third-order valence-electron chi connectivity index (χ3n) is 3.70. The van der Waals surface area contributed by atoms with Crippen molar-refractivity contribution in [1.29, 1.82) is 0 Å². The third kappa shape index (κ3) is 5.77. The van der Waals surface area contributed by atoms with Gasteiger partial charge in [0.2, 0.25) is 0 Å². The van der Waals surface area contributed by atoms with Crippen molar-refractivity contribution in [1.82, 2.24) is 15.2 Å². The molecular formula is C15H13Br2N5O6S2. The molecule has 3 aromatic rings. The van der Waals surface area contributed by atoms with Gasteiger partial charge < -0.3 is 8.37 Å². The van der Waals surface area contributed by atoms with Crippen LogP contribution in [0.1, 0.15) is 22.9 Å². The fourth-order valence-electron chi connectivity index (χ4n) is 2.64. The van der Waals surface area contributed by atoms with E-state index in [1.165, 1.54) is 18.5 Å². The van der Waals surface area contributed by atoms with E-state index >= 15 is 0 Å². The topological polar surface area (TPSA) is 180 Å². The molecule has 0 fully saturated rings. The molecule has 1 aromatic heterocycles. The van der Waals surface area contributed by atoms with Crippen LogP contribution in [-0.2, 0) is 20.6 Å². The molecule has 11 nitrogen and oxygen atoms in total. The molecule has 0 radical (unpaired) electrons. The van der Waals surface area contributed by atoms with Crippen molar-refractivity contribution >= 4 is 52.5 Å². The molecule has 15 heteroatoms. The van der Waals surface area contributed by atoms with Gasteiger partial charge in [0, 0.05) is 0 Å². The van der Waals surface area contributed by atoms with Crippen LogP contribution in [-0.4, -0.2) is 32.0 Å². The van der Waals surface area contributed by atoms with Gasteiger partial charge in [-0.15, -0.1) is 0 Å². The second kappa shape index (κ2) is 8.60. The minimum absolute atomic E-state index is 0.00986. The molecule has 0 spiro atoms. The first-order chi connectivity index (χ1) is 13.9. The smallest absolute Gasteiger partial charge is 0.370 e. The van der Waals surface area contributed by atoms with E-state index in [4.69, 9.17) is 18.6 Å². The van der Waals surface area contributed by atoms with Crippen molar-refractivity contribution in [3.05, 3.63) is 68.6 Å². The number of rotatable bonds is 7. The lowest BCUT2D eigenvalue weighted by Gasteiger charge is -2.18. The summed E-state index contributed by atoms with van der Waals surface area (Å²) >= 11 is 6.52. The van der Waals surface area contributed by atoms with E-state index in [0.29, 0.717) is 25.9 Å². The number of nitrogens with one attached hydrogen (secondary N) is 1. The summed E-state index contributed by atoms with van der Waals surface area (Å²) in [7, 11) is -8.38. The van der Waals surface area contributed by atoms with Crippen molar-refractivity contribution in [3.8, 4) is 11.5 Å². The number of aromatic nitrogens is 3. The summed E-state index contributed by atoms with van der Waals surface area (Å²) in [4.78, 5) is 4.20. The Morgan fingerprint density at radius 1 is 0.867 bits per heavy atom. The molecular weight excluding hydrogens is 570 g/mol. The summed E-state index contributed by atoms with van der Waals surface area (Å²) in [6.07, 6.45) is 1.34. The van der Waals surface area contributed by atoms with Gasteiger partial charge in [0.1, 0.15) is 12.2 Å². The number of benzene rings is 2. The van der Waals surface area contributed by atoms with E-state index in [-0.39, 0.29) is 11.5 Å². The van der Waals surface area contributed by atoms with Crippen LogP contribution in [0.15, 0.2) is 51.7 Å². The average Bonchev–Trinajstić information content (AvgIpc) is 3.12. The SMILES string of the molecule is NS(=O)(=O)Oc1ccc(C(c2ccc(OS(N)(=O)=O)c(Br)c2)c2ncn[nH]2)cc1Br. The molecule has 160 valence electrons. The highest BCUT2D eigenvalue weighted by Gasteiger charge is 2.23. The molecule has 0 amide bonds. The molecule has 0 saturated heterocycles. The molecule has 3 rings (SSSR count). The number of halogens is 2. The van der Waals surface area contributed by atoms with Crippen molar-refractivity contribution in [2.75, 3.05) is 0 Å². The minimum Gasteiger partial charge on any atom is -0.370 e. The molecule has 1 heterocycles. The summed E-state index contributed by atoms with van der Waals surface area (Å²) < 4.78 is 54.9. The lowest BCUT2D eigenvalue weighted by Crippen LogP contribution is -2.19. The number of H-pyrrole nitrogens is 1. The van der Waals surface area contributed by atoms with Crippen molar-refractivity contribution in [3.63, 3.8) is 0 Å². The molecule has 0 atom stereocenters. The maximum absolute atomic E-state index is 11.2. The first-order valence-electron chi connectivity index (χ1n) is 7.81. The number of hydrogen-bond donors (Lipinski definition) is 3. The zero-order valence-corrected chi connectivity index (χ0v) is 19.5. The maximum Gasteiger partial charge on any atom is 0.380 e. The zero-order valence-electron chi connectivity index (χ0n) is 14.7. The first kappa shape index (κ1) is 22.6. The van der Waals surface area contributed by atoms with Crippen molar-refractivity contribution in [2.45, 2.75) is 5.92 Å². The molecule has 0 aliphatic rings. The maximum atomic E-state index is 11.2. The van der Waals surface area contributed by atoms with Crippen LogP contribution in [0.5, 0.6) is 11.5 Å². The monoisotopic (exact) mass is 581 g/mol. The Balaban J connectivity index is 2.06. The van der Waals surface area contributed by atoms with Crippen LogP contribution in [0.2, 0.25) is 0 Å². The standard InChI is InChI=1S/C15H13Br2N5O6S2/c16-10-5-8(1-3-12(10)27-29(18,23)24)14(15-20-7-21-22-15)9-2-4-13(11(17)6-9)28-30(19,25)26/h1-7,14H,(H2,18,23,24)(H2,19,25,26)(H,20,21,22). The summed E-state index contributed by atoms with van der Waals surface area (Å²) in [5.41, 5.74) is 1.37. The van der Waals surface area contributed by atoms with Crippen LogP contribution < -0.4 is 18.6 Å². The van der Waals surface area contributed by atoms with Gasteiger partial charge in [-0.1, -0.05) is 12.1 Å². The summed E-state index contributed by atoms with van der Waals surface area (Å²) in [6.45, 7) is 0. The molecule has 0 saturated carbocycles. The molecule has 30 heavy (non-hydrogen) atoms. The predicted molar refractivity (Wildman–Crippen MR) is 113 cm³/mol. The van der Waals surface area contributed by atoms with Gasteiger partial charge in [0.25, 0.3) is 0 Å². The highest BCUT2D eigenvalue weighted by Crippen LogP contribution is 2.37. The molecule has 5 N–H and O–H groups in total. The fraction of sp³-hybridized carbons (Fsp3) is 0.0667. The highest BCUT2D eigenvalue weighted by molar-refractivity contribution is 9.11. The minimum atomic E-state index is -4.19. The van der Waals surface area contributed by atoms with Gasteiger partial charge >= 0.3 is 20.6 Å². The Morgan fingerprint density at radius 3 is 1.67 bits per heavy atom. The van der Waals surface area contributed by atoms with Gasteiger partial charge in [-0.2, -0.15) is 32.2 Å². The predicted octanol–water partition coefficient (Wildman–Crippen LogP) is 1.67. The molecule has 0 aliphatic heterocycles. The normalized spacial score (nSPS) is 12.2. The van der Waals surface area contributed by atoms with E-state index in [1.54, 1.807) is 24.3 Å². The van der Waals surface area contributed by atoms with Crippen LogP contribution in [0.3, 0.4) is 0 Å². The molecule has 2 aromatic carbocycles. The Kier molecular flexibility index (Phi) is 6.49. The van der Waals surface area contributed by atoms with E-state index in [0.717, 1.165) is 0 Å². The Labute approximate surface area is 188 Å². The Hall–Kier alpha value is -2.04. The summed E-state index contributed by atoms with van der Waals surface area (Å²) in [5.74, 6) is 0.0208. The fourth-order valence-corrected chi connectivity index (χ4v) is 4.60. The Bertz CT molecular complexity index is 1200. The van der Waals surface area contributed by atoms with Gasteiger partial charge in [0.15, 0.2) is 11.5 Å². The van der Waals surface area contributed by atoms with Crippen LogP contribution in [0.4, 0.5) is 0 Å². The van der Waals surface area contributed by atoms with Crippen LogP contribution >= 0.6 is 31.9 Å². The van der Waals surface area contributed by atoms with Gasteiger partial charge in [-0.3, -0.25) is 5.10 Å². The second-order valence-corrected chi connectivity index (χ2v) is 9.85. The second-order valence-electron chi connectivity index (χ2n) is 5.84. The number of hydrogen-bond acceptors (Lipinski definition) is 8. The Morgan fingerprint density at radius 2 is 1.33 bits per heavy atom. The quantitative estimate of drug-likeness (QED) is 0.376. The lowest BCUT2D eigenvalue weighted by molar-refractivity contribution is 0.484. The summed E-state index contributed by atoms with van der Waals surface area (Å²) in [5, 5.41) is 16.5. The highest BCUT2D eigenvalue weighted by atomic mass is 79.9. The van der Waals surface area contributed by atoms with Gasteiger partial charge in [-0.25, -0.2) is 4.98 Å².